The van der Waals surface area contributed by atoms with Crippen LogP contribution < -0.4 is 5.32 Å². The van der Waals surface area contributed by atoms with Gasteiger partial charge in [0.25, 0.3) is 0 Å². The summed E-state index contributed by atoms with van der Waals surface area (Å²) in [5, 5.41) is 3.05. The molecular weight excluding hydrogens is 395 g/mol. The van der Waals surface area contributed by atoms with E-state index < -0.39 is 0 Å². The van der Waals surface area contributed by atoms with E-state index >= 15 is 0 Å². The molecule has 4 rings (SSSR count). The second-order valence-electron chi connectivity index (χ2n) is 8.08. The van der Waals surface area contributed by atoms with Crippen LogP contribution in [-0.4, -0.2) is 52.9 Å². The summed E-state index contributed by atoms with van der Waals surface area (Å²) < 4.78 is 19.4. The number of pyridine rings is 1. The molecule has 1 fully saturated rings. The minimum Gasteiger partial charge on any atom is -0.464 e. The average molecular weight is 423 g/mol. The van der Waals surface area contributed by atoms with Gasteiger partial charge < -0.3 is 9.73 Å². The Morgan fingerprint density at radius 2 is 2.03 bits per heavy atom. The van der Waals surface area contributed by atoms with E-state index in [1.54, 1.807) is 18.5 Å². The summed E-state index contributed by atoms with van der Waals surface area (Å²) in [4.78, 5) is 21.0. The van der Waals surface area contributed by atoms with Crippen LogP contribution in [0.25, 0.3) is 11.3 Å². The minimum absolute atomic E-state index is 0.0237. The fourth-order valence-electron chi connectivity index (χ4n) is 3.96. The summed E-state index contributed by atoms with van der Waals surface area (Å²) in [6, 6.07) is 13.3. The molecule has 0 bridgehead atoms. The number of carbonyl (C=O) groups excluding carboxylic acids is 1. The van der Waals surface area contributed by atoms with E-state index in [-0.39, 0.29) is 23.8 Å². The highest BCUT2D eigenvalue weighted by Crippen LogP contribution is 2.21. The standard InChI is InChI=1S/C24H27FN4O2/c1-17-14-29(15-20-9-10-26-13-21(20)25)16-22(28(17)2)24(30)27-12-18-5-7-19(8-6-18)23-4-3-11-31-23/h3-11,13,17,22H,12,14-16H2,1-2H3,(H,27,30). The topological polar surface area (TPSA) is 61.6 Å². The zero-order valence-electron chi connectivity index (χ0n) is 17.8. The van der Waals surface area contributed by atoms with Gasteiger partial charge in [0.1, 0.15) is 17.6 Å². The van der Waals surface area contributed by atoms with Crippen molar-refractivity contribution < 1.29 is 13.6 Å². The van der Waals surface area contributed by atoms with Crippen LogP contribution in [0.15, 0.2) is 65.5 Å². The number of amides is 1. The first kappa shape index (κ1) is 21.2. The number of hydrogen-bond donors (Lipinski definition) is 1. The number of nitrogens with one attached hydrogen (secondary N) is 1. The zero-order valence-corrected chi connectivity index (χ0v) is 17.8. The summed E-state index contributed by atoms with van der Waals surface area (Å²) in [6.45, 7) is 4.32. The van der Waals surface area contributed by atoms with Crippen LogP contribution in [0.5, 0.6) is 0 Å². The number of aromatic nitrogens is 1. The fraction of sp³-hybridized carbons (Fsp3) is 0.333. The highest BCUT2D eigenvalue weighted by atomic mass is 19.1. The van der Waals surface area contributed by atoms with Crippen molar-refractivity contribution in [3.05, 3.63) is 78.1 Å². The largest absolute Gasteiger partial charge is 0.464 e. The molecule has 0 saturated carbocycles. The maximum absolute atomic E-state index is 14.0. The molecule has 1 N–H and O–H groups in total. The van der Waals surface area contributed by atoms with Gasteiger partial charge in [-0.3, -0.25) is 19.6 Å². The van der Waals surface area contributed by atoms with E-state index in [4.69, 9.17) is 4.42 Å². The number of furan rings is 1. The molecule has 6 nitrogen and oxygen atoms in total. The van der Waals surface area contributed by atoms with Gasteiger partial charge in [-0.15, -0.1) is 0 Å². The number of hydrogen-bond acceptors (Lipinski definition) is 5. The van der Waals surface area contributed by atoms with Crippen molar-refractivity contribution >= 4 is 5.91 Å². The lowest BCUT2D eigenvalue weighted by Crippen LogP contribution is -2.60. The van der Waals surface area contributed by atoms with Crippen molar-refractivity contribution in [1.82, 2.24) is 20.1 Å². The number of halogens is 1. The Morgan fingerprint density at radius 3 is 2.74 bits per heavy atom. The first-order valence-electron chi connectivity index (χ1n) is 10.4. The Balaban J connectivity index is 1.36. The van der Waals surface area contributed by atoms with Gasteiger partial charge in [0.15, 0.2) is 0 Å². The third kappa shape index (κ3) is 5.00. The molecule has 1 aliphatic rings. The van der Waals surface area contributed by atoms with Gasteiger partial charge in [-0.25, -0.2) is 4.39 Å². The lowest BCUT2D eigenvalue weighted by molar-refractivity contribution is -0.130. The molecule has 1 aliphatic heterocycles. The second-order valence-corrected chi connectivity index (χ2v) is 8.08. The van der Waals surface area contributed by atoms with Crippen molar-refractivity contribution in [1.29, 1.82) is 0 Å². The summed E-state index contributed by atoms with van der Waals surface area (Å²) >= 11 is 0. The predicted octanol–water partition coefficient (Wildman–Crippen LogP) is 3.30. The monoisotopic (exact) mass is 422 g/mol. The molecule has 1 amide bonds. The van der Waals surface area contributed by atoms with Gasteiger partial charge >= 0.3 is 0 Å². The molecule has 3 heterocycles. The van der Waals surface area contributed by atoms with E-state index in [0.717, 1.165) is 23.4 Å². The first-order chi connectivity index (χ1) is 15.0. The molecule has 0 aliphatic carbocycles. The van der Waals surface area contributed by atoms with Gasteiger partial charge in [0, 0.05) is 49.5 Å². The summed E-state index contributed by atoms with van der Waals surface area (Å²) in [7, 11) is 1.97. The number of benzene rings is 1. The Labute approximate surface area is 181 Å². The normalized spacial score (nSPS) is 20.0. The molecule has 3 aromatic rings. The van der Waals surface area contributed by atoms with Crippen molar-refractivity contribution in [2.75, 3.05) is 20.1 Å². The smallest absolute Gasteiger partial charge is 0.238 e. The van der Waals surface area contributed by atoms with Gasteiger partial charge in [-0.1, -0.05) is 24.3 Å². The molecule has 0 spiro atoms. The van der Waals surface area contributed by atoms with E-state index in [0.29, 0.717) is 25.2 Å². The van der Waals surface area contributed by atoms with Crippen molar-refractivity contribution in [3.8, 4) is 11.3 Å². The van der Waals surface area contributed by atoms with Crippen molar-refractivity contribution in [3.63, 3.8) is 0 Å². The Bertz CT molecular complexity index is 1010. The number of carbonyl (C=O) groups is 1. The quantitative estimate of drug-likeness (QED) is 0.661. The molecule has 1 saturated heterocycles. The molecule has 2 aromatic heterocycles. The zero-order chi connectivity index (χ0) is 21.8. The van der Waals surface area contributed by atoms with E-state index in [1.165, 1.54) is 6.20 Å². The minimum atomic E-state index is -0.312. The Kier molecular flexibility index (Phi) is 6.44. The van der Waals surface area contributed by atoms with Gasteiger partial charge in [0.05, 0.1) is 12.5 Å². The average Bonchev–Trinajstić information content (AvgIpc) is 3.31. The molecule has 7 heteroatoms. The molecule has 31 heavy (non-hydrogen) atoms. The maximum Gasteiger partial charge on any atom is 0.238 e. The van der Waals surface area contributed by atoms with Crippen LogP contribution in [0.1, 0.15) is 18.1 Å². The van der Waals surface area contributed by atoms with Gasteiger partial charge in [0.2, 0.25) is 5.91 Å². The van der Waals surface area contributed by atoms with E-state index in [1.807, 2.05) is 43.4 Å². The predicted molar refractivity (Wildman–Crippen MR) is 116 cm³/mol. The highest BCUT2D eigenvalue weighted by molar-refractivity contribution is 5.82. The van der Waals surface area contributed by atoms with Crippen LogP contribution in [0, 0.1) is 5.82 Å². The Morgan fingerprint density at radius 1 is 1.23 bits per heavy atom. The lowest BCUT2D eigenvalue weighted by Gasteiger charge is -2.43. The highest BCUT2D eigenvalue weighted by Gasteiger charge is 2.34. The van der Waals surface area contributed by atoms with Crippen LogP contribution in [0.4, 0.5) is 4.39 Å². The van der Waals surface area contributed by atoms with E-state index in [2.05, 4.69) is 27.0 Å². The summed E-state index contributed by atoms with van der Waals surface area (Å²) in [5.74, 6) is 0.483. The fourth-order valence-corrected chi connectivity index (χ4v) is 3.96. The van der Waals surface area contributed by atoms with Gasteiger partial charge in [-0.2, -0.15) is 0 Å². The molecule has 2 atom stereocenters. The van der Waals surface area contributed by atoms with Crippen LogP contribution in [-0.2, 0) is 17.9 Å². The number of nitrogens with zero attached hydrogens (tertiary/aromatic N) is 3. The lowest BCUT2D eigenvalue weighted by atomic mass is 10.1. The maximum atomic E-state index is 14.0. The van der Waals surface area contributed by atoms with E-state index in [9.17, 15) is 9.18 Å². The van der Waals surface area contributed by atoms with Gasteiger partial charge in [-0.05, 0) is 37.7 Å². The third-order valence-electron chi connectivity index (χ3n) is 5.92. The Hall–Kier alpha value is -3.03. The summed E-state index contributed by atoms with van der Waals surface area (Å²) in [5.41, 5.74) is 2.62. The molecule has 0 radical (unpaired) electrons. The number of likely N-dealkylation sites (N-methyl/N-ethyl adjacent to an activating group) is 1. The van der Waals surface area contributed by atoms with Crippen LogP contribution >= 0.6 is 0 Å². The third-order valence-corrected chi connectivity index (χ3v) is 5.92. The number of piperazine rings is 1. The molecule has 162 valence electrons. The van der Waals surface area contributed by atoms with Crippen molar-refractivity contribution in [2.24, 2.45) is 0 Å². The van der Waals surface area contributed by atoms with Crippen LogP contribution in [0.3, 0.4) is 0 Å². The summed E-state index contributed by atoms with van der Waals surface area (Å²) in [6.07, 6.45) is 4.48. The molecular formula is C24H27FN4O2. The van der Waals surface area contributed by atoms with Crippen molar-refractivity contribution in [2.45, 2.75) is 32.1 Å². The molecule has 1 aromatic carbocycles. The molecule has 2 unspecified atom stereocenters. The first-order valence-corrected chi connectivity index (χ1v) is 10.4. The number of rotatable bonds is 6. The van der Waals surface area contributed by atoms with Crippen LogP contribution in [0.2, 0.25) is 0 Å². The second kappa shape index (κ2) is 9.41. The SMILES string of the molecule is CC1CN(Cc2ccncc2F)CC(C(=O)NCc2ccc(-c3ccco3)cc2)N1C.